The number of halogens is 1. The van der Waals surface area contributed by atoms with Crippen molar-refractivity contribution in [2.24, 2.45) is 5.73 Å². The van der Waals surface area contributed by atoms with E-state index in [1.165, 1.54) is 9.35 Å². The number of rotatable bonds is 6. The maximum absolute atomic E-state index is 5.49. The Bertz CT molecular complexity index is 495. The van der Waals surface area contributed by atoms with Gasteiger partial charge < -0.3 is 10.6 Å². The molecule has 98 valence electrons. The molecule has 2 N–H and O–H groups in total. The minimum Gasteiger partial charge on any atom is -0.325 e. The Balaban J connectivity index is 1.79. The highest BCUT2D eigenvalue weighted by Crippen LogP contribution is 2.21. The van der Waals surface area contributed by atoms with Crippen LogP contribution in [0, 0.1) is 0 Å². The van der Waals surface area contributed by atoms with Crippen molar-refractivity contribution in [1.29, 1.82) is 0 Å². The molecular weight excluding hydrogens is 314 g/mol. The molecule has 0 aliphatic carbocycles. The Morgan fingerprint density at radius 2 is 2.39 bits per heavy atom. The molecule has 5 nitrogen and oxygen atoms in total. The Morgan fingerprint density at radius 3 is 3.00 bits per heavy atom. The lowest BCUT2D eigenvalue weighted by Crippen LogP contribution is -2.22. The minimum absolute atomic E-state index is 0.443. The predicted octanol–water partition coefficient (Wildman–Crippen LogP) is 1.69. The molecule has 0 aromatic carbocycles. The molecule has 0 spiro atoms. The van der Waals surface area contributed by atoms with Crippen molar-refractivity contribution in [3.63, 3.8) is 0 Å². The number of hydrogen-bond donors (Lipinski definition) is 1. The summed E-state index contributed by atoms with van der Waals surface area (Å²) in [5, 5.41) is 10.2. The molecule has 0 saturated carbocycles. The molecule has 2 rings (SSSR count). The van der Waals surface area contributed by atoms with Crippen LogP contribution in [0.1, 0.15) is 11.3 Å². The van der Waals surface area contributed by atoms with Crippen LogP contribution >= 0.6 is 27.3 Å². The summed E-state index contributed by atoms with van der Waals surface area (Å²) in [6.45, 7) is 3.15. The lowest BCUT2D eigenvalue weighted by atomic mass is 10.3. The Morgan fingerprint density at radius 1 is 1.56 bits per heavy atom. The number of thiophene rings is 1. The first-order valence-electron chi connectivity index (χ1n) is 5.68. The molecule has 0 radical (unpaired) electrons. The van der Waals surface area contributed by atoms with Gasteiger partial charge in [-0.1, -0.05) is 5.21 Å². The molecular formula is C11H16BrN5S. The molecule has 18 heavy (non-hydrogen) atoms. The zero-order chi connectivity index (χ0) is 13.0. The Hall–Kier alpha value is -0.760. The highest BCUT2D eigenvalue weighted by molar-refractivity contribution is 9.11. The topological polar surface area (TPSA) is 60.0 Å². The quantitative estimate of drug-likeness (QED) is 0.876. The maximum atomic E-state index is 5.49. The van der Waals surface area contributed by atoms with E-state index in [9.17, 15) is 0 Å². The third kappa shape index (κ3) is 3.88. The van der Waals surface area contributed by atoms with E-state index in [1.54, 1.807) is 11.3 Å². The third-order valence-electron chi connectivity index (χ3n) is 2.58. The molecule has 2 heterocycles. The number of nitrogens with two attached hydrogens (primary N) is 1. The van der Waals surface area contributed by atoms with Gasteiger partial charge in [0.05, 0.1) is 16.0 Å². The number of likely N-dealkylation sites (N-methyl/N-ethyl adjacent to an activating group) is 1. The van der Waals surface area contributed by atoms with E-state index in [0.717, 1.165) is 25.3 Å². The van der Waals surface area contributed by atoms with Crippen molar-refractivity contribution in [2.45, 2.75) is 19.6 Å². The van der Waals surface area contributed by atoms with E-state index in [1.807, 2.05) is 10.9 Å². The second kappa shape index (κ2) is 6.42. The molecule has 0 bridgehead atoms. The van der Waals surface area contributed by atoms with Crippen molar-refractivity contribution < 1.29 is 0 Å². The number of nitrogens with zero attached hydrogens (tertiary/aromatic N) is 4. The maximum Gasteiger partial charge on any atom is 0.0962 e. The van der Waals surface area contributed by atoms with Crippen molar-refractivity contribution in [3.8, 4) is 0 Å². The summed E-state index contributed by atoms with van der Waals surface area (Å²) in [5.74, 6) is 0. The summed E-state index contributed by atoms with van der Waals surface area (Å²) >= 11 is 5.19. The Labute approximate surface area is 119 Å². The van der Waals surface area contributed by atoms with Gasteiger partial charge in [0.15, 0.2) is 0 Å². The van der Waals surface area contributed by atoms with Crippen LogP contribution in [0.15, 0.2) is 21.4 Å². The zero-order valence-electron chi connectivity index (χ0n) is 10.2. The predicted molar refractivity (Wildman–Crippen MR) is 76.3 cm³/mol. The van der Waals surface area contributed by atoms with E-state index in [2.05, 4.69) is 49.6 Å². The monoisotopic (exact) mass is 329 g/mol. The van der Waals surface area contributed by atoms with E-state index in [0.29, 0.717) is 6.54 Å². The van der Waals surface area contributed by atoms with E-state index in [4.69, 9.17) is 5.73 Å². The number of hydrogen-bond acceptors (Lipinski definition) is 5. The minimum atomic E-state index is 0.443. The fraction of sp³-hybridized carbons (Fsp3) is 0.455. The highest BCUT2D eigenvalue weighted by atomic mass is 79.9. The first-order chi connectivity index (χ1) is 8.67. The molecule has 0 atom stereocenters. The van der Waals surface area contributed by atoms with Crippen molar-refractivity contribution in [3.05, 3.63) is 32.7 Å². The van der Waals surface area contributed by atoms with E-state index in [-0.39, 0.29) is 0 Å². The standard InChI is InChI=1S/C11H16BrN5S/c1-16(6-9-4-11(12)18-8-9)2-3-17-7-10(5-13)14-15-17/h4,7-8H,2-3,5-6,13H2,1H3. The average Bonchev–Trinajstić information content (AvgIpc) is 2.95. The van der Waals surface area contributed by atoms with Gasteiger partial charge in [0.25, 0.3) is 0 Å². The van der Waals surface area contributed by atoms with Crippen LogP contribution in [0.5, 0.6) is 0 Å². The second-order valence-electron chi connectivity index (χ2n) is 4.17. The van der Waals surface area contributed by atoms with Crippen LogP contribution in [-0.4, -0.2) is 33.5 Å². The van der Waals surface area contributed by atoms with Gasteiger partial charge in [-0.3, -0.25) is 4.68 Å². The first-order valence-corrected chi connectivity index (χ1v) is 7.35. The molecule has 0 saturated heterocycles. The van der Waals surface area contributed by atoms with Crippen LogP contribution in [0.3, 0.4) is 0 Å². The summed E-state index contributed by atoms with van der Waals surface area (Å²) in [7, 11) is 2.10. The summed E-state index contributed by atoms with van der Waals surface area (Å²) < 4.78 is 3.01. The molecule has 0 amide bonds. The van der Waals surface area contributed by atoms with Crippen LogP contribution in [0.2, 0.25) is 0 Å². The lowest BCUT2D eigenvalue weighted by Gasteiger charge is -2.15. The van der Waals surface area contributed by atoms with Crippen molar-refractivity contribution in [1.82, 2.24) is 19.9 Å². The molecule has 2 aromatic rings. The molecule has 2 aromatic heterocycles. The highest BCUT2D eigenvalue weighted by Gasteiger charge is 2.04. The normalized spacial score (nSPS) is 11.3. The summed E-state index contributed by atoms with van der Waals surface area (Å²) in [6, 6.07) is 2.16. The Kier molecular flexibility index (Phi) is 4.87. The van der Waals surface area contributed by atoms with Crippen LogP contribution < -0.4 is 5.73 Å². The van der Waals surface area contributed by atoms with Gasteiger partial charge in [0, 0.05) is 25.8 Å². The van der Waals surface area contributed by atoms with Crippen molar-refractivity contribution >= 4 is 27.3 Å². The van der Waals surface area contributed by atoms with Gasteiger partial charge in [0.2, 0.25) is 0 Å². The van der Waals surface area contributed by atoms with E-state index < -0.39 is 0 Å². The zero-order valence-corrected chi connectivity index (χ0v) is 12.6. The number of aromatic nitrogens is 3. The SMILES string of the molecule is CN(CCn1cc(CN)nn1)Cc1csc(Br)c1. The van der Waals surface area contributed by atoms with Gasteiger partial charge in [-0.15, -0.1) is 16.4 Å². The van der Waals surface area contributed by atoms with Crippen LogP contribution in [-0.2, 0) is 19.6 Å². The van der Waals surface area contributed by atoms with Gasteiger partial charge >= 0.3 is 0 Å². The molecule has 7 heteroatoms. The molecule has 0 aliphatic heterocycles. The van der Waals surface area contributed by atoms with Gasteiger partial charge in [-0.05, 0) is 40.0 Å². The smallest absolute Gasteiger partial charge is 0.0962 e. The second-order valence-corrected chi connectivity index (χ2v) is 6.46. The molecule has 0 aliphatic rings. The van der Waals surface area contributed by atoms with Crippen molar-refractivity contribution in [2.75, 3.05) is 13.6 Å². The van der Waals surface area contributed by atoms with Crippen LogP contribution in [0.4, 0.5) is 0 Å². The summed E-state index contributed by atoms with van der Waals surface area (Å²) in [4.78, 5) is 2.26. The molecule has 0 unspecified atom stereocenters. The summed E-state index contributed by atoms with van der Waals surface area (Å²) in [5.41, 5.74) is 7.66. The molecule has 0 fully saturated rings. The van der Waals surface area contributed by atoms with Gasteiger partial charge in [-0.25, -0.2) is 0 Å². The fourth-order valence-electron chi connectivity index (χ4n) is 1.63. The van der Waals surface area contributed by atoms with Gasteiger partial charge in [-0.2, -0.15) is 0 Å². The largest absolute Gasteiger partial charge is 0.325 e. The van der Waals surface area contributed by atoms with Gasteiger partial charge in [0.1, 0.15) is 0 Å². The fourth-order valence-corrected chi connectivity index (χ4v) is 2.83. The lowest BCUT2D eigenvalue weighted by molar-refractivity contribution is 0.304. The summed E-state index contributed by atoms with van der Waals surface area (Å²) in [6.07, 6.45) is 1.90. The van der Waals surface area contributed by atoms with E-state index >= 15 is 0 Å². The van der Waals surface area contributed by atoms with Crippen LogP contribution in [0.25, 0.3) is 0 Å². The average molecular weight is 330 g/mol. The third-order valence-corrected chi connectivity index (χ3v) is 4.13. The first kappa shape index (κ1) is 13.7.